The average Bonchev–Trinajstić information content (AvgIpc) is 3.23. The van der Waals surface area contributed by atoms with Crippen LogP contribution in [0.15, 0.2) is 40.7 Å². The van der Waals surface area contributed by atoms with Gasteiger partial charge >= 0.3 is 0 Å². The van der Waals surface area contributed by atoms with Crippen molar-refractivity contribution in [1.29, 1.82) is 0 Å². The van der Waals surface area contributed by atoms with Crippen LogP contribution in [0, 0.1) is 6.92 Å². The van der Waals surface area contributed by atoms with E-state index in [4.69, 9.17) is 11.6 Å². The van der Waals surface area contributed by atoms with Crippen molar-refractivity contribution in [3.05, 3.63) is 52.3 Å². The predicted octanol–water partition coefficient (Wildman–Crippen LogP) is 4.04. The van der Waals surface area contributed by atoms with Gasteiger partial charge in [-0.25, -0.2) is 13.4 Å². The summed E-state index contributed by atoms with van der Waals surface area (Å²) in [5.41, 5.74) is 1.62. The summed E-state index contributed by atoms with van der Waals surface area (Å²) in [6, 6.07) is 4.83. The SMILES string of the molecule is CCN(CC)S(=O)(=O)c1cc(NC(=O)/C=C/c2c(Cl)nc3sccn23)ccc1C. The van der Waals surface area contributed by atoms with Crippen molar-refractivity contribution < 1.29 is 13.2 Å². The number of sulfonamides is 1. The van der Waals surface area contributed by atoms with E-state index in [9.17, 15) is 13.2 Å². The molecule has 0 unspecified atom stereocenters. The molecule has 0 radical (unpaired) electrons. The Balaban J connectivity index is 1.82. The fourth-order valence-corrected chi connectivity index (χ4v) is 5.64. The first-order chi connectivity index (χ1) is 13.8. The highest BCUT2D eigenvalue weighted by Crippen LogP contribution is 2.24. The van der Waals surface area contributed by atoms with Crippen LogP contribution < -0.4 is 5.32 Å². The van der Waals surface area contributed by atoms with Crippen molar-refractivity contribution in [3.63, 3.8) is 0 Å². The second-order valence-electron chi connectivity index (χ2n) is 6.24. The number of aromatic nitrogens is 2. The number of carbonyl (C=O) groups is 1. The minimum atomic E-state index is -3.63. The summed E-state index contributed by atoms with van der Waals surface area (Å²) in [5, 5.41) is 4.89. The van der Waals surface area contributed by atoms with Gasteiger partial charge in [-0.1, -0.05) is 31.5 Å². The van der Waals surface area contributed by atoms with Crippen molar-refractivity contribution in [2.75, 3.05) is 18.4 Å². The highest BCUT2D eigenvalue weighted by molar-refractivity contribution is 7.89. The van der Waals surface area contributed by atoms with Gasteiger partial charge in [0.25, 0.3) is 0 Å². The lowest BCUT2D eigenvalue weighted by molar-refractivity contribution is -0.111. The van der Waals surface area contributed by atoms with E-state index in [2.05, 4.69) is 10.3 Å². The Bertz CT molecular complexity index is 1180. The molecular weight excluding hydrogens is 432 g/mol. The Labute approximate surface area is 178 Å². The van der Waals surface area contributed by atoms with Crippen molar-refractivity contribution in [3.8, 4) is 0 Å². The largest absolute Gasteiger partial charge is 0.322 e. The van der Waals surface area contributed by atoms with Crippen molar-refractivity contribution >= 4 is 55.6 Å². The van der Waals surface area contributed by atoms with Gasteiger partial charge in [0.2, 0.25) is 15.9 Å². The predicted molar refractivity (Wildman–Crippen MR) is 117 cm³/mol. The molecule has 3 rings (SSSR count). The molecule has 0 aliphatic rings. The Morgan fingerprint density at radius 3 is 2.76 bits per heavy atom. The number of fused-ring (bicyclic) bond motifs is 1. The Kier molecular flexibility index (Phi) is 6.42. The van der Waals surface area contributed by atoms with Crippen LogP contribution in [-0.2, 0) is 14.8 Å². The van der Waals surface area contributed by atoms with E-state index in [1.807, 2.05) is 11.6 Å². The van der Waals surface area contributed by atoms with Crippen molar-refractivity contribution in [2.24, 2.45) is 0 Å². The topological polar surface area (TPSA) is 83.8 Å². The van der Waals surface area contributed by atoms with Crippen LogP contribution in [0.4, 0.5) is 5.69 Å². The molecule has 29 heavy (non-hydrogen) atoms. The quantitative estimate of drug-likeness (QED) is 0.548. The highest BCUT2D eigenvalue weighted by atomic mass is 35.5. The minimum Gasteiger partial charge on any atom is -0.322 e. The maximum Gasteiger partial charge on any atom is 0.248 e. The number of carbonyl (C=O) groups excluding carboxylic acids is 1. The number of hydrogen-bond donors (Lipinski definition) is 1. The fraction of sp³-hybridized carbons (Fsp3) is 0.263. The lowest BCUT2D eigenvalue weighted by atomic mass is 10.2. The molecule has 1 amide bonds. The molecule has 0 aliphatic heterocycles. The molecule has 1 N–H and O–H groups in total. The summed E-state index contributed by atoms with van der Waals surface area (Å²) >= 11 is 7.56. The zero-order chi connectivity index (χ0) is 21.2. The third-order valence-electron chi connectivity index (χ3n) is 4.43. The van der Waals surface area contributed by atoms with Crippen LogP contribution in [0.5, 0.6) is 0 Å². The molecule has 3 aromatic rings. The molecule has 2 heterocycles. The van der Waals surface area contributed by atoms with E-state index in [0.717, 1.165) is 4.96 Å². The van der Waals surface area contributed by atoms with E-state index >= 15 is 0 Å². The molecule has 0 saturated carbocycles. The maximum absolute atomic E-state index is 12.8. The summed E-state index contributed by atoms with van der Waals surface area (Å²) in [6.45, 7) is 6.06. The molecule has 0 atom stereocenters. The molecule has 1 aromatic carbocycles. The standard InChI is InChI=1S/C19H21ClN4O3S2/c1-4-23(5-2)29(26,27)16-12-14(7-6-13(16)3)21-17(25)9-8-15-18(20)22-19-24(15)10-11-28-19/h6-12H,4-5H2,1-3H3,(H,21,25)/b9-8+. The maximum atomic E-state index is 12.8. The summed E-state index contributed by atoms with van der Waals surface area (Å²) in [7, 11) is -3.63. The summed E-state index contributed by atoms with van der Waals surface area (Å²) in [5.74, 6) is -0.402. The first-order valence-corrected chi connectivity index (χ1v) is 11.7. The lowest BCUT2D eigenvalue weighted by Gasteiger charge is -2.20. The molecule has 0 saturated heterocycles. The molecular formula is C19H21ClN4O3S2. The lowest BCUT2D eigenvalue weighted by Crippen LogP contribution is -2.31. The summed E-state index contributed by atoms with van der Waals surface area (Å²) < 4.78 is 28.9. The van der Waals surface area contributed by atoms with Gasteiger partial charge in [0.1, 0.15) is 0 Å². The molecule has 0 bridgehead atoms. The number of nitrogens with one attached hydrogen (secondary N) is 1. The number of hydrogen-bond acceptors (Lipinski definition) is 5. The zero-order valence-electron chi connectivity index (χ0n) is 16.2. The Morgan fingerprint density at radius 1 is 1.34 bits per heavy atom. The first kappa shape index (κ1) is 21.5. The van der Waals surface area contributed by atoms with Gasteiger partial charge in [0, 0.05) is 36.4 Å². The average molecular weight is 453 g/mol. The number of amides is 1. The van der Waals surface area contributed by atoms with E-state index in [1.165, 1.54) is 27.8 Å². The number of benzene rings is 1. The van der Waals surface area contributed by atoms with Gasteiger partial charge in [-0.2, -0.15) is 4.31 Å². The molecule has 0 fully saturated rings. The number of aryl methyl sites for hydroxylation is 1. The Hall–Kier alpha value is -2.20. The fourth-order valence-electron chi connectivity index (χ4n) is 2.92. The van der Waals surface area contributed by atoms with Crippen LogP contribution in [-0.4, -0.2) is 41.1 Å². The van der Waals surface area contributed by atoms with Gasteiger partial charge in [-0.15, -0.1) is 11.3 Å². The number of imidazole rings is 1. The molecule has 7 nitrogen and oxygen atoms in total. The van der Waals surface area contributed by atoms with Gasteiger partial charge in [-0.3, -0.25) is 9.20 Å². The van der Waals surface area contributed by atoms with Gasteiger partial charge < -0.3 is 5.32 Å². The third kappa shape index (κ3) is 4.37. The highest BCUT2D eigenvalue weighted by Gasteiger charge is 2.24. The van der Waals surface area contributed by atoms with Gasteiger partial charge in [0.05, 0.1) is 10.6 Å². The van der Waals surface area contributed by atoms with Crippen LogP contribution in [0.25, 0.3) is 11.0 Å². The molecule has 0 aliphatic carbocycles. The van der Waals surface area contributed by atoms with Crippen molar-refractivity contribution in [2.45, 2.75) is 25.7 Å². The second kappa shape index (κ2) is 8.66. The number of nitrogens with zero attached hydrogens (tertiary/aromatic N) is 3. The van der Waals surface area contributed by atoms with Crippen LogP contribution in [0.2, 0.25) is 5.15 Å². The zero-order valence-corrected chi connectivity index (χ0v) is 18.6. The van der Waals surface area contributed by atoms with Gasteiger partial charge in [-0.05, 0) is 30.7 Å². The van der Waals surface area contributed by atoms with E-state index in [1.54, 1.807) is 43.4 Å². The second-order valence-corrected chi connectivity index (χ2v) is 9.37. The van der Waals surface area contributed by atoms with Crippen LogP contribution in [0.3, 0.4) is 0 Å². The minimum absolute atomic E-state index is 0.182. The first-order valence-electron chi connectivity index (χ1n) is 8.98. The summed E-state index contributed by atoms with van der Waals surface area (Å²) in [4.78, 5) is 17.5. The van der Waals surface area contributed by atoms with E-state index < -0.39 is 15.9 Å². The number of halogens is 1. The monoisotopic (exact) mass is 452 g/mol. The van der Waals surface area contributed by atoms with Crippen LogP contribution in [0.1, 0.15) is 25.1 Å². The Morgan fingerprint density at radius 2 is 2.07 bits per heavy atom. The molecule has 2 aromatic heterocycles. The molecule has 154 valence electrons. The van der Waals surface area contributed by atoms with E-state index in [0.29, 0.717) is 35.2 Å². The van der Waals surface area contributed by atoms with Gasteiger partial charge in [0.15, 0.2) is 10.1 Å². The third-order valence-corrected chi connectivity index (χ3v) is 7.65. The number of anilines is 1. The number of thiazole rings is 1. The normalized spacial score (nSPS) is 12.3. The summed E-state index contributed by atoms with van der Waals surface area (Å²) in [6.07, 6.45) is 4.73. The number of rotatable bonds is 7. The molecule has 0 spiro atoms. The van der Waals surface area contributed by atoms with Crippen LogP contribution >= 0.6 is 22.9 Å². The van der Waals surface area contributed by atoms with Crippen molar-refractivity contribution in [1.82, 2.24) is 13.7 Å². The van der Waals surface area contributed by atoms with E-state index in [-0.39, 0.29) is 4.90 Å². The smallest absolute Gasteiger partial charge is 0.248 e. The molecule has 10 heteroatoms.